The van der Waals surface area contributed by atoms with Gasteiger partial charge in [0.2, 0.25) is 0 Å². The number of rotatable bonds is 1. The van der Waals surface area contributed by atoms with Crippen LogP contribution in [0.1, 0.15) is 25.0 Å². The Kier molecular flexibility index (Phi) is 4.09. The highest BCUT2D eigenvalue weighted by Gasteiger charge is 2.19. The Morgan fingerprint density at radius 3 is 2.63 bits per heavy atom. The number of amidine groups is 1. The molecule has 1 aromatic rings. The summed E-state index contributed by atoms with van der Waals surface area (Å²) in [5.74, 6) is 1.61. The summed E-state index contributed by atoms with van der Waals surface area (Å²) < 4.78 is 0. The van der Waals surface area contributed by atoms with Crippen LogP contribution < -0.4 is 5.32 Å². The van der Waals surface area contributed by atoms with Crippen LogP contribution in [0.5, 0.6) is 0 Å². The number of hydrogen-bond donors (Lipinski definition) is 1. The van der Waals surface area contributed by atoms with Gasteiger partial charge in [0.15, 0.2) is 5.17 Å². The normalized spacial score (nSPS) is 22.0. The first-order valence-corrected chi connectivity index (χ1v) is 7.04. The van der Waals surface area contributed by atoms with E-state index < -0.39 is 0 Å². The van der Waals surface area contributed by atoms with Crippen molar-refractivity contribution in [1.29, 1.82) is 10.5 Å². The van der Waals surface area contributed by atoms with E-state index in [9.17, 15) is 0 Å². The molecule has 0 amide bonds. The number of nitriles is 2. The smallest absolute Gasteiger partial charge is 0.161 e. The number of aliphatic imine (C=N–C) groups is 1. The molecule has 0 bridgehead atoms. The van der Waals surface area contributed by atoms with Gasteiger partial charge in [0.1, 0.15) is 12.1 Å². The van der Waals surface area contributed by atoms with Crippen molar-refractivity contribution in [3.8, 4) is 12.1 Å². The van der Waals surface area contributed by atoms with Gasteiger partial charge >= 0.3 is 0 Å². The lowest BCUT2D eigenvalue weighted by molar-refractivity contribution is 0.537. The maximum atomic E-state index is 8.99. The van der Waals surface area contributed by atoms with Crippen molar-refractivity contribution in [2.24, 2.45) is 10.9 Å². The molecule has 0 aliphatic carbocycles. The monoisotopic (exact) mass is 270 g/mol. The lowest BCUT2D eigenvalue weighted by Gasteiger charge is -2.23. The maximum Gasteiger partial charge on any atom is 0.161 e. The van der Waals surface area contributed by atoms with Crippen LogP contribution in [-0.4, -0.2) is 17.0 Å². The highest BCUT2D eigenvalue weighted by molar-refractivity contribution is 8.14. The number of thioether (sulfide) groups is 1. The summed E-state index contributed by atoms with van der Waals surface area (Å²) in [7, 11) is 0. The van der Waals surface area contributed by atoms with E-state index in [2.05, 4.69) is 24.2 Å². The molecule has 1 aliphatic heterocycles. The lowest BCUT2D eigenvalue weighted by Crippen LogP contribution is -2.25. The molecule has 0 aromatic heterocycles. The zero-order valence-corrected chi connectivity index (χ0v) is 11.7. The van der Waals surface area contributed by atoms with E-state index in [0.29, 0.717) is 23.1 Å². The zero-order chi connectivity index (χ0) is 13.8. The minimum Gasteiger partial charge on any atom is -0.335 e. The number of anilines is 1. The number of nitrogens with one attached hydrogen (secondary N) is 1. The molecule has 2 rings (SSSR count). The van der Waals surface area contributed by atoms with Crippen molar-refractivity contribution < 1.29 is 0 Å². The van der Waals surface area contributed by atoms with Crippen LogP contribution in [-0.2, 0) is 0 Å². The molecule has 1 aromatic carbocycles. The molecule has 0 fully saturated rings. The molecule has 1 heterocycles. The van der Waals surface area contributed by atoms with Gasteiger partial charge in [-0.2, -0.15) is 10.5 Å². The van der Waals surface area contributed by atoms with Crippen molar-refractivity contribution >= 4 is 22.6 Å². The van der Waals surface area contributed by atoms with Crippen molar-refractivity contribution in [3.05, 3.63) is 29.3 Å². The maximum absolute atomic E-state index is 8.99. The third kappa shape index (κ3) is 3.07. The molecule has 4 nitrogen and oxygen atoms in total. The quantitative estimate of drug-likeness (QED) is 0.851. The Balaban J connectivity index is 2.19. The molecule has 2 atom stereocenters. The van der Waals surface area contributed by atoms with Gasteiger partial charge in [0.25, 0.3) is 0 Å². The molecule has 1 N–H and O–H groups in total. The second kappa shape index (κ2) is 5.77. The van der Waals surface area contributed by atoms with E-state index in [1.165, 1.54) is 0 Å². The van der Waals surface area contributed by atoms with Gasteiger partial charge in [-0.25, -0.2) is 0 Å². The number of hydrogen-bond acceptors (Lipinski definition) is 5. The highest BCUT2D eigenvalue weighted by atomic mass is 32.2. The number of benzene rings is 1. The molecule has 0 saturated heterocycles. The summed E-state index contributed by atoms with van der Waals surface area (Å²) in [5.41, 5.74) is 1.58. The second-order valence-electron chi connectivity index (χ2n) is 4.57. The third-order valence-electron chi connectivity index (χ3n) is 3.14. The fourth-order valence-electron chi connectivity index (χ4n) is 1.70. The Morgan fingerprint density at radius 1 is 1.26 bits per heavy atom. The van der Waals surface area contributed by atoms with Crippen LogP contribution in [0.2, 0.25) is 0 Å². The van der Waals surface area contributed by atoms with Gasteiger partial charge in [-0.05, 0) is 31.0 Å². The number of nitrogens with zero attached hydrogens (tertiary/aromatic N) is 3. The summed E-state index contributed by atoms with van der Waals surface area (Å²) in [6.07, 6.45) is 0. The van der Waals surface area contributed by atoms with Gasteiger partial charge in [-0.15, -0.1) is 0 Å². The molecular formula is C14H14N4S. The van der Waals surface area contributed by atoms with E-state index in [1.54, 1.807) is 30.0 Å². The average Bonchev–Trinajstić information content (AvgIpc) is 2.43. The SMILES string of the molecule is CC1CSC(Nc2ccc(C#N)c(C#N)c2)=NC1C. The molecule has 0 saturated carbocycles. The second-order valence-corrected chi connectivity index (χ2v) is 5.58. The predicted molar refractivity (Wildman–Crippen MR) is 78.0 cm³/mol. The fraction of sp³-hybridized carbons (Fsp3) is 0.357. The molecule has 5 heteroatoms. The Morgan fingerprint density at radius 2 is 2.00 bits per heavy atom. The summed E-state index contributed by atoms with van der Waals surface area (Å²) in [4.78, 5) is 4.58. The van der Waals surface area contributed by atoms with Gasteiger partial charge < -0.3 is 5.32 Å². The van der Waals surface area contributed by atoms with Crippen molar-refractivity contribution in [3.63, 3.8) is 0 Å². The van der Waals surface area contributed by atoms with Crippen LogP contribution in [0.25, 0.3) is 0 Å². The van der Waals surface area contributed by atoms with E-state index in [-0.39, 0.29) is 0 Å². The first-order valence-electron chi connectivity index (χ1n) is 6.06. The van der Waals surface area contributed by atoms with Crippen LogP contribution in [0.4, 0.5) is 5.69 Å². The van der Waals surface area contributed by atoms with E-state index in [1.807, 2.05) is 12.1 Å². The molecule has 96 valence electrons. The Bertz CT molecular complexity index is 594. The highest BCUT2D eigenvalue weighted by Crippen LogP contribution is 2.24. The van der Waals surface area contributed by atoms with Crippen LogP contribution >= 0.6 is 11.8 Å². The summed E-state index contributed by atoms with van der Waals surface area (Å²) in [5, 5.41) is 22.0. The van der Waals surface area contributed by atoms with Crippen molar-refractivity contribution in [2.75, 3.05) is 11.1 Å². The first-order chi connectivity index (χ1) is 9.13. The predicted octanol–water partition coefficient (Wildman–Crippen LogP) is 2.97. The van der Waals surface area contributed by atoms with Gasteiger partial charge in [-0.3, -0.25) is 4.99 Å². The summed E-state index contributed by atoms with van der Waals surface area (Å²) in [6.45, 7) is 4.29. The van der Waals surface area contributed by atoms with Crippen LogP contribution in [0.15, 0.2) is 23.2 Å². The van der Waals surface area contributed by atoms with Gasteiger partial charge in [0, 0.05) is 11.4 Å². The van der Waals surface area contributed by atoms with E-state index >= 15 is 0 Å². The lowest BCUT2D eigenvalue weighted by atomic mass is 10.1. The Labute approximate surface area is 117 Å². The Hall–Kier alpha value is -1.98. The molecule has 1 aliphatic rings. The molecule has 2 unspecified atom stereocenters. The average molecular weight is 270 g/mol. The minimum absolute atomic E-state index is 0.303. The molecular weight excluding hydrogens is 256 g/mol. The summed E-state index contributed by atoms with van der Waals surface area (Å²) >= 11 is 1.68. The molecule has 19 heavy (non-hydrogen) atoms. The van der Waals surface area contributed by atoms with E-state index in [4.69, 9.17) is 10.5 Å². The zero-order valence-electron chi connectivity index (χ0n) is 10.8. The van der Waals surface area contributed by atoms with Gasteiger partial charge in [0.05, 0.1) is 17.2 Å². The standard InChI is InChI=1S/C14H14N4S/c1-9-8-19-14(17-10(9)2)18-13-4-3-11(6-15)12(5-13)7-16/h3-5,9-10H,8H2,1-2H3,(H,17,18). The minimum atomic E-state index is 0.303. The van der Waals surface area contributed by atoms with Crippen LogP contribution in [0.3, 0.4) is 0 Å². The molecule has 0 radical (unpaired) electrons. The van der Waals surface area contributed by atoms with Gasteiger partial charge in [-0.1, -0.05) is 18.7 Å². The molecule has 0 spiro atoms. The fourth-order valence-corrected chi connectivity index (χ4v) is 2.83. The first kappa shape index (κ1) is 13.5. The topological polar surface area (TPSA) is 72.0 Å². The largest absolute Gasteiger partial charge is 0.335 e. The third-order valence-corrected chi connectivity index (χ3v) is 4.31. The van der Waals surface area contributed by atoms with Crippen molar-refractivity contribution in [1.82, 2.24) is 0 Å². The van der Waals surface area contributed by atoms with Crippen molar-refractivity contribution in [2.45, 2.75) is 19.9 Å². The van der Waals surface area contributed by atoms with Crippen LogP contribution in [0, 0.1) is 28.6 Å². The van der Waals surface area contributed by atoms with E-state index in [0.717, 1.165) is 16.6 Å². The summed E-state index contributed by atoms with van der Waals surface area (Å²) in [6, 6.07) is 9.47.